The van der Waals surface area contributed by atoms with Crippen LogP contribution < -0.4 is 15.1 Å². The molecule has 5 rings (SSSR count). The first-order valence-electron chi connectivity index (χ1n) is 12.3. The van der Waals surface area contributed by atoms with E-state index < -0.39 is 0 Å². The molecule has 3 aromatic carbocycles. The van der Waals surface area contributed by atoms with Gasteiger partial charge >= 0.3 is 0 Å². The number of piperidine rings is 1. The molecule has 0 spiro atoms. The third kappa shape index (κ3) is 4.46. The average molecular weight is 466 g/mol. The fraction of sp³-hybridized carbons (Fsp3) is 0.267. The van der Waals surface area contributed by atoms with Crippen LogP contribution in [0.3, 0.4) is 0 Å². The van der Waals surface area contributed by atoms with Crippen molar-refractivity contribution in [3.05, 3.63) is 94.7 Å². The Hall–Kier alpha value is -3.86. The van der Waals surface area contributed by atoms with Gasteiger partial charge in [-0.05, 0) is 93.1 Å². The molecule has 0 radical (unpaired) electrons. The van der Waals surface area contributed by atoms with Crippen molar-refractivity contribution in [3.8, 4) is 0 Å². The summed E-state index contributed by atoms with van der Waals surface area (Å²) in [7, 11) is 0. The Morgan fingerprint density at radius 1 is 0.714 bits per heavy atom. The van der Waals surface area contributed by atoms with E-state index in [1.165, 1.54) is 29.8 Å². The second-order valence-electron chi connectivity index (χ2n) is 9.57. The SMILES string of the molecule is Cc1cccc(N2C(=O)C(Nc3ccc(N4CCCCC4)cc3)=C(c3ccc(C)cc3C)C2=O)c1. The lowest BCUT2D eigenvalue weighted by Crippen LogP contribution is -2.32. The summed E-state index contributed by atoms with van der Waals surface area (Å²) in [5.41, 5.74) is 7.13. The Morgan fingerprint density at radius 3 is 2.11 bits per heavy atom. The van der Waals surface area contributed by atoms with Crippen LogP contribution in [0.2, 0.25) is 0 Å². The van der Waals surface area contributed by atoms with Crippen molar-refractivity contribution in [2.24, 2.45) is 0 Å². The van der Waals surface area contributed by atoms with Crippen molar-refractivity contribution in [2.45, 2.75) is 40.0 Å². The van der Waals surface area contributed by atoms with E-state index in [9.17, 15) is 9.59 Å². The van der Waals surface area contributed by atoms with Crippen molar-refractivity contribution in [2.75, 3.05) is 28.2 Å². The zero-order valence-electron chi connectivity index (χ0n) is 20.6. The van der Waals surface area contributed by atoms with Crippen LogP contribution in [0.1, 0.15) is 41.5 Å². The molecular weight excluding hydrogens is 434 g/mol. The van der Waals surface area contributed by atoms with Crippen LogP contribution in [0.4, 0.5) is 17.1 Å². The van der Waals surface area contributed by atoms with Gasteiger partial charge < -0.3 is 10.2 Å². The standard InChI is InChI=1S/C30H31N3O2/c1-20-8-7-9-25(19-20)33-29(34)27(26-15-10-21(2)18-22(26)3)28(30(33)35)31-23-11-13-24(14-12-23)32-16-5-4-6-17-32/h7-15,18-19,31H,4-6,16-17H2,1-3H3. The molecular formula is C30H31N3O2. The first kappa shape index (κ1) is 22.9. The Balaban J connectivity index is 1.53. The molecule has 1 saturated heterocycles. The highest BCUT2D eigenvalue weighted by atomic mass is 16.2. The number of nitrogens with zero attached hydrogens (tertiary/aromatic N) is 2. The molecule has 0 saturated carbocycles. The second kappa shape index (κ2) is 9.41. The van der Waals surface area contributed by atoms with Gasteiger partial charge in [-0.2, -0.15) is 0 Å². The minimum atomic E-state index is -0.337. The van der Waals surface area contributed by atoms with Crippen molar-refractivity contribution in [1.29, 1.82) is 0 Å². The summed E-state index contributed by atoms with van der Waals surface area (Å²) in [6.45, 7) is 8.11. The van der Waals surface area contributed by atoms with Crippen molar-refractivity contribution in [1.82, 2.24) is 0 Å². The quantitative estimate of drug-likeness (QED) is 0.470. The summed E-state index contributed by atoms with van der Waals surface area (Å²) in [4.78, 5) is 31.1. The number of rotatable bonds is 5. The summed E-state index contributed by atoms with van der Waals surface area (Å²) >= 11 is 0. The maximum atomic E-state index is 13.7. The maximum Gasteiger partial charge on any atom is 0.282 e. The zero-order chi connectivity index (χ0) is 24.5. The number of hydrogen-bond donors (Lipinski definition) is 1. The van der Waals surface area contributed by atoms with Crippen LogP contribution in [-0.4, -0.2) is 24.9 Å². The van der Waals surface area contributed by atoms with E-state index in [2.05, 4.69) is 22.3 Å². The molecule has 2 aliphatic rings. The lowest BCUT2D eigenvalue weighted by Gasteiger charge is -2.28. The van der Waals surface area contributed by atoms with E-state index >= 15 is 0 Å². The number of hydrogen-bond acceptors (Lipinski definition) is 4. The highest BCUT2D eigenvalue weighted by Gasteiger charge is 2.40. The molecule has 178 valence electrons. The van der Waals surface area contributed by atoms with Crippen LogP contribution in [0.5, 0.6) is 0 Å². The molecule has 5 nitrogen and oxygen atoms in total. The van der Waals surface area contributed by atoms with Crippen molar-refractivity contribution >= 4 is 34.4 Å². The molecule has 0 atom stereocenters. The van der Waals surface area contributed by atoms with E-state index in [0.717, 1.165) is 41.0 Å². The van der Waals surface area contributed by atoms with Gasteiger partial charge in [-0.15, -0.1) is 0 Å². The first-order valence-corrected chi connectivity index (χ1v) is 12.3. The van der Waals surface area contributed by atoms with Crippen LogP contribution in [0.25, 0.3) is 5.57 Å². The highest BCUT2D eigenvalue weighted by Crippen LogP contribution is 2.35. The van der Waals surface area contributed by atoms with Gasteiger partial charge in [0.05, 0.1) is 11.3 Å². The maximum absolute atomic E-state index is 13.7. The summed E-state index contributed by atoms with van der Waals surface area (Å²) in [5.74, 6) is -0.643. The van der Waals surface area contributed by atoms with Gasteiger partial charge in [-0.1, -0.05) is 35.9 Å². The summed E-state index contributed by atoms with van der Waals surface area (Å²) in [6.07, 6.45) is 3.73. The Bertz CT molecular complexity index is 1320. The van der Waals surface area contributed by atoms with Crippen LogP contribution in [-0.2, 0) is 9.59 Å². The molecule has 0 bridgehead atoms. The largest absolute Gasteiger partial charge is 0.372 e. The van der Waals surface area contributed by atoms with Crippen LogP contribution in [0, 0.1) is 20.8 Å². The third-order valence-electron chi connectivity index (χ3n) is 6.85. The van der Waals surface area contributed by atoms with Gasteiger partial charge in [-0.25, -0.2) is 4.90 Å². The van der Waals surface area contributed by atoms with Gasteiger partial charge in [0.25, 0.3) is 11.8 Å². The zero-order valence-corrected chi connectivity index (χ0v) is 20.6. The van der Waals surface area contributed by atoms with Gasteiger partial charge in [0.2, 0.25) is 0 Å². The normalized spacial score (nSPS) is 16.3. The van der Waals surface area contributed by atoms with E-state index in [4.69, 9.17) is 0 Å². The lowest BCUT2D eigenvalue weighted by molar-refractivity contribution is -0.120. The van der Waals surface area contributed by atoms with Crippen molar-refractivity contribution < 1.29 is 9.59 Å². The number of imide groups is 1. The Labute approximate surface area is 207 Å². The Kier molecular flexibility index (Phi) is 6.16. The molecule has 35 heavy (non-hydrogen) atoms. The van der Waals surface area contributed by atoms with E-state index in [-0.39, 0.29) is 11.8 Å². The van der Waals surface area contributed by atoms with Crippen LogP contribution >= 0.6 is 0 Å². The molecule has 2 amide bonds. The Morgan fingerprint density at radius 2 is 1.43 bits per heavy atom. The number of nitrogens with one attached hydrogen (secondary N) is 1. The summed E-state index contributed by atoms with van der Waals surface area (Å²) < 4.78 is 0. The number of aryl methyl sites for hydroxylation is 3. The molecule has 3 aromatic rings. The molecule has 0 unspecified atom stereocenters. The van der Waals surface area contributed by atoms with E-state index in [1.54, 1.807) is 6.07 Å². The fourth-order valence-corrected chi connectivity index (χ4v) is 5.04. The lowest BCUT2D eigenvalue weighted by atomic mass is 9.97. The fourth-order valence-electron chi connectivity index (χ4n) is 5.04. The second-order valence-corrected chi connectivity index (χ2v) is 9.57. The number of anilines is 3. The number of carbonyl (C=O) groups excluding carboxylic acids is 2. The topological polar surface area (TPSA) is 52.7 Å². The van der Waals surface area contributed by atoms with Gasteiger partial charge in [0.15, 0.2) is 0 Å². The predicted molar refractivity (Wildman–Crippen MR) is 143 cm³/mol. The minimum absolute atomic E-state index is 0.306. The average Bonchev–Trinajstić information content (AvgIpc) is 3.09. The molecule has 2 heterocycles. The smallest absolute Gasteiger partial charge is 0.282 e. The number of carbonyl (C=O) groups is 2. The number of amides is 2. The molecule has 1 N–H and O–H groups in total. The summed E-state index contributed by atoms with van der Waals surface area (Å²) in [5, 5.41) is 3.31. The predicted octanol–water partition coefficient (Wildman–Crippen LogP) is 6.00. The van der Waals surface area contributed by atoms with Gasteiger partial charge in [0, 0.05) is 24.5 Å². The highest BCUT2D eigenvalue weighted by molar-refractivity contribution is 6.46. The molecule has 0 aliphatic carbocycles. The van der Waals surface area contributed by atoms with Crippen LogP contribution in [0.15, 0.2) is 72.4 Å². The molecule has 1 fully saturated rings. The van der Waals surface area contributed by atoms with E-state index in [0.29, 0.717) is 17.0 Å². The van der Waals surface area contributed by atoms with E-state index in [1.807, 2.05) is 69.3 Å². The first-order chi connectivity index (χ1) is 16.9. The van der Waals surface area contributed by atoms with Gasteiger partial charge in [0.1, 0.15) is 5.70 Å². The summed E-state index contributed by atoms with van der Waals surface area (Å²) in [6, 6.07) is 21.6. The molecule has 0 aromatic heterocycles. The minimum Gasteiger partial charge on any atom is -0.372 e. The number of benzene rings is 3. The monoisotopic (exact) mass is 465 g/mol. The van der Waals surface area contributed by atoms with Crippen molar-refractivity contribution in [3.63, 3.8) is 0 Å². The van der Waals surface area contributed by atoms with Gasteiger partial charge in [-0.3, -0.25) is 9.59 Å². The molecule has 2 aliphatic heterocycles. The third-order valence-corrected chi connectivity index (χ3v) is 6.85. The molecule has 5 heteroatoms.